The van der Waals surface area contributed by atoms with Crippen LogP contribution < -0.4 is 5.32 Å². The van der Waals surface area contributed by atoms with Gasteiger partial charge in [0.15, 0.2) is 0 Å². The average molecular weight is 284 g/mol. The molecule has 0 aromatic carbocycles. The third-order valence-corrected chi connectivity index (χ3v) is 3.15. The summed E-state index contributed by atoms with van der Waals surface area (Å²) in [7, 11) is 3.57. The minimum Gasteiger partial charge on any atom is -0.373 e. The lowest BCUT2D eigenvalue weighted by molar-refractivity contribution is 0.0783. The molecule has 0 aliphatic rings. The van der Waals surface area contributed by atoms with Crippen LogP contribution in [0.15, 0.2) is 30.3 Å². The number of aromatic nitrogens is 2. The first-order chi connectivity index (χ1) is 9.99. The van der Waals surface area contributed by atoms with Crippen LogP contribution in [0.25, 0.3) is 0 Å². The third kappa shape index (κ3) is 3.78. The molecule has 1 N–H and O–H groups in total. The molecule has 2 aromatic heterocycles. The highest BCUT2D eigenvalue weighted by Gasteiger charge is 2.14. The van der Waals surface area contributed by atoms with E-state index < -0.39 is 0 Å². The van der Waals surface area contributed by atoms with E-state index in [0.717, 1.165) is 17.1 Å². The number of carbonyl (C=O) groups is 1. The van der Waals surface area contributed by atoms with Gasteiger partial charge in [0.1, 0.15) is 5.82 Å². The Morgan fingerprint density at radius 3 is 2.62 bits per heavy atom. The fourth-order valence-electron chi connectivity index (χ4n) is 2.14. The third-order valence-electron chi connectivity index (χ3n) is 3.15. The Hall–Kier alpha value is -2.43. The van der Waals surface area contributed by atoms with Crippen molar-refractivity contribution in [3.05, 3.63) is 53.0 Å². The number of nitrogens with zero attached hydrogens (tertiary/aromatic N) is 3. The van der Waals surface area contributed by atoms with Crippen molar-refractivity contribution >= 4 is 11.7 Å². The molecule has 0 aliphatic carbocycles. The number of aryl methyl sites for hydroxylation is 2. The van der Waals surface area contributed by atoms with Crippen LogP contribution in [0, 0.1) is 13.8 Å². The number of rotatable bonds is 4. The van der Waals surface area contributed by atoms with Gasteiger partial charge in [0.25, 0.3) is 5.91 Å². The molecule has 2 aromatic rings. The minimum absolute atomic E-state index is 0.0414. The molecule has 0 unspecified atom stereocenters. The van der Waals surface area contributed by atoms with Gasteiger partial charge >= 0.3 is 0 Å². The predicted octanol–water partition coefficient (Wildman–Crippen LogP) is 2.41. The maximum atomic E-state index is 12.5. The lowest BCUT2D eigenvalue weighted by Crippen LogP contribution is -2.27. The molecule has 5 nitrogen and oxygen atoms in total. The first-order valence-electron chi connectivity index (χ1n) is 6.84. The number of nitrogens with one attached hydrogen (secondary N) is 1. The zero-order valence-electron chi connectivity index (χ0n) is 12.8. The van der Waals surface area contributed by atoms with Gasteiger partial charge in [-0.05, 0) is 38.1 Å². The van der Waals surface area contributed by atoms with Crippen LogP contribution in [0.1, 0.15) is 27.4 Å². The molecule has 0 saturated heterocycles. The number of carbonyl (C=O) groups excluding carboxylic acids is 1. The summed E-state index contributed by atoms with van der Waals surface area (Å²) in [5, 5.41) is 2.96. The van der Waals surface area contributed by atoms with Gasteiger partial charge in [0, 0.05) is 31.0 Å². The van der Waals surface area contributed by atoms with Crippen LogP contribution in [0.4, 0.5) is 5.82 Å². The summed E-state index contributed by atoms with van der Waals surface area (Å²) in [6, 6.07) is 9.37. The van der Waals surface area contributed by atoms with Crippen LogP contribution in [-0.2, 0) is 6.54 Å². The van der Waals surface area contributed by atoms with E-state index in [1.54, 1.807) is 31.1 Å². The zero-order valence-corrected chi connectivity index (χ0v) is 12.8. The van der Waals surface area contributed by atoms with Crippen LogP contribution >= 0.6 is 0 Å². The van der Waals surface area contributed by atoms with Crippen molar-refractivity contribution < 1.29 is 4.79 Å². The van der Waals surface area contributed by atoms with Gasteiger partial charge in [0.05, 0.1) is 12.2 Å². The molecule has 2 rings (SSSR count). The highest BCUT2D eigenvalue weighted by Crippen LogP contribution is 2.13. The second-order valence-electron chi connectivity index (χ2n) is 5.06. The topological polar surface area (TPSA) is 58.1 Å². The summed E-state index contributed by atoms with van der Waals surface area (Å²) in [4.78, 5) is 22.9. The van der Waals surface area contributed by atoms with Crippen molar-refractivity contribution in [1.29, 1.82) is 0 Å². The number of anilines is 1. The Labute approximate surface area is 125 Å². The minimum atomic E-state index is -0.0414. The number of hydrogen-bond donors (Lipinski definition) is 1. The maximum absolute atomic E-state index is 12.5. The largest absolute Gasteiger partial charge is 0.373 e. The highest BCUT2D eigenvalue weighted by molar-refractivity contribution is 5.94. The Kier molecular flexibility index (Phi) is 4.52. The summed E-state index contributed by atoms with van der Waals surface area (Å²) in [5.41, 5.74) is 3.27. The first-order valence-corrected chi connectivity index (χ1v) is 6.84. The molecule has 0 saturated carbocycles. The van der Waals surface area contributed by atoms with Gasteiger partial charge in [0.2, 0.25) is 0 Å². The number of amides is 1. The van der Waals surface area contributed by atoms with Crippen molar-refractivity contribution in [2.24, 2.45) is 0 Å². The lowest BCUT2D eigenvalue weighted by atomic mass is 10.2. The van der Waals surface area contributed by atoms with Gasteiger partial charge in [-0.2, -0.15) is 0 Å². The van der Waals surface area contributed by atoms with E-state index in [1.165, 1.54) is 0 Å². The Morgan fingerprint density at radius 1 is 1.19 bits per heavy atom. The Balaban J connectivity index is 2.17. The molecular formula is C16H20N4O. The van der Waals surface area contributed by atoms with Crippen molar-refractivity contribution in [3.8, 4) is 0 Å². The maximum Gasteiger partial charge on any atom is 0.254 e. The van der Waals surface area contributed by atoms with Crippen molar-refractivity contribution in [2.45, 2.75) is 20.4 Å². The predicted molar refractivity (Wildman–Crippen MR) is 83.3 cm³/mol. The summed E-state index contributed by atoms with van der Waals surface area (Å²) in [5.74, 6) is 0.653. The van der Waals surface area contributed by atoms with Crippen LogP contribution in [0.5, 0.6) is 0 Å². The van der Waals surface area contributed by atoms with E-state index in [1.807, 2.05) is 32.0 Å². The molecule has 2 heterocycles. The van der Waals surface area contributed by atoms with Crippen LogP contribution in [0.3, 0.4) is 0 Å². The Bertz CT molecular complexity index is 654. The van der Waals surface area contributed by atoms with Gasteiger partial charge in [-0.15, -0.1) is 0 Å². The molecular weight excluding hydrogens is 264 g/mol. The molecule has 0 atom stereocenters. The Morgan fingerprint density at radius 2 is 1.95 bits per heavy atom. The summed E-state index contributed by atoms with van der Waals surface area (Å²) >= 11 is 0. The normalized spacial score (nSPS) is 10.3. The SMILES string of the molecule is CNc1cc(C(=O)N(C)Cc2cccc(C)n2)cc(C)n1. The molecule has 0 bridgehead atoms. The van der Waals surface area contributed by atoms with E-state index in [9.17, 15) is 4.79 Å². The second kappa shape index (κ2) is 6.35. The summed E-state index contributed by atoms with van der Waals surface area (Å²) in [6.07, 6.45) is 0. The van der Waals surface area contributed by atoms with Crippen molar-refractivity contribution in [3.63, 3.8) is 0 Å². The second-order valence-corrected chi connectivity index (χ2v) is 5.06. The molecule has 21 heavy (non-hydrogen) atoms. The van der Waals surface area contributed by atoms with Crippen molar-refractivity contribution in [2.75, 3.05) is 19.4 Å². The van der Waals surface area contributed by atoms with Gasteiger partial charge in [-0.25, -0.2) is 4.98 Å². The molecule has 0 radical (unpaired) electrons. The number of pyridine rings is 2. The fourth-order valence-corrected chi connectivity index (χ4v) is 2.14. The van der Waals surface area contributed by atoms with Crippen LogP contribution in [-0.4, -0.2) is 34.9 Å². The van der Waals surface area contributed by atoms with Crippen LogP contribution in [0.2, 0.25) is 0 Å². The van der Waals surface area contributed by atoms with E-state index in [0.29, 0.717) is 17.9 Å². The van der Waals surface area contributed by atoms with E-state index in [2.05, 4.69) is 15.3 Å². The van der Waals surface area contributed by atoms with E-state index >= 15 is 0 Å². The number of hydrogen-bond acceptors (Lipinski definition) is 4. The lowest BCUT2D eigenvalue weighted by Gasteiger charge is -2.17. The molecule has 1 amide bonds. The standard InChI is InChI=1S/C16H20N4O/c1-11-6-5-7-14(18-11)10-20(4)16(21)13-8-12(2)19-15(9-13)17-3/h5-9H,10H2,1-4H3,(H,17,19). The molecule has 0 aliphatic heterocycles. The summed E-state index contributed by atoms with van der Waals surface area (Å²) in [6.45, 7) is 4.30. The van der Waals surface area contributed by atoms with Gasteiger partial charge in [-0.1, -0.05) is 6.07 Å². The average Bonchev–Trinajstić information content (AvgIpc) is 2.45. The first kappa shape index (κ1) is 15.0. The van der Waals surface area contributed by atoms with E-state index in [4.69, 9.17) is 0 Å². The van der Waals surface area contributed by atoms with E-state index in [-0.39, 0.29) is 5.91 Å². The van der Waals surface area contributed by atoms with Crippen molar-refractivity contribution in [1.82, 2.24) is 14.9 Å². The summed E-state index contributed by atoms with van der Waals surface area (Å²) < 4.78 is 0. The quantitative estimate of drug-likeness (QED) is 0.936. The highest BCUT2D eigenvalue weighted by atomic mass is 16.2. The molecule has 110 valence electrons. The van der Waals surface area contributed by atoms with Gasteiger partial charge < -0.3 is 10.2 Å². The molecule has 0 fully saturated rings. The monoisotopic (exact) mass is 284 g/mol. The fraction of sp³-hybridized carbons (Fsp3) is 0.312. The van der Waals surface area contributed by atoms with Gasteiger partial charge in [-0.3, -0.25) is 9.78 Å². The zero-order chi connectivity index (χ0) is 15.4. The molecule has 0 spiro atoms. The smallest absolute Gasteiger partial charge is 0.254 e. The molecule has 5 heteroatoms.